The van der Waals surface area contributed by atoms with Gasteiger partial charge in [-0.2, -0.15) is 0 Å². The molecule has 0 saturated heterocycles. The maximum atomic E-state index is 10.7. The Morgan fingerprint density at radius 3 is 2.45 bits per heavy atom. The van der Waals surface area contributed by atoms with Gasteiger partial charge in [-0.3, -0.25) is 4.79 Å². The zero-order chi connectivity index (χ0) is 8.85. The van der Waals surface area contributed by atoms with E-state index in [-0.39, 0.29) is 11.9 Å². The largest absolute Gasteiger partial charge is 0.370 e. The number of Topliss-reactive ketones (excluding diaryl/α,β-unsaturated/α-hetero) is 1. The van der Waals surface area contributed by atoms with Crippen molar-refractivity contribution in [2.75, 3.05) is 6.61 Å². The van der Waals surface area contributed by atoms with E-state index in [1.165, 1.54) is 6.92 Å². The molecule has 0 aliphatic rings. The smallest absolute Gasteiger partial charge is 0.158 e. The molecule has 0 aromatic rings. The van der Waals surface area contributed by atoms with Crippen LogP contribution in [-0.2, 0) is 9.53 Å². The minimum absolute atomic E-state index is 0.0757. The van der Waals surface area contributed by atoms with Crippen molar-refractivity contribution in [1.29, 1.82) is 0 Å². The molecule has 64 valence electrons. The zero-order valence-electron chi connectivity index (χ0n) is 7.52. The van der Waals surface area contributed by atoms with Gasteiger partial charge in [0, 0.05) is 0 Å². The van der Waals surface area contributed by atoms with E-state index < -0.39 is 0 Å². The maximum Gasteiger partial charge on any atom is 0.158 e. The average Bonchev–Trinajstić information content (AvgIpc) is 1.86. The third-order valence-electron chi connectivity index (χ3n) is 1.47. The molecule has 0 fully saturated rings. The van der Waals surface area contributed by atoms with E-state index in [1.54, 1.807) is 6.92 Å². The first kappa shape index (κ1) is 10.4. The molecule has 0 N–H and O–H groups in total. The summed E-state index contributed by atoms with van der Waals surface area (Å²) in [6.07, 6.45) is 0.562. The van der Waals surface area contributed by atoms with E-state index >= 15 is 0 Å². The third-order valence-corrected chi connectivity index (χ3v) is 1.47. The van der Waals surface area contributed by atoms with Crippen molar-refractivity contribution in [2.24, 2.45) is 0 Å². The van der Waals surface area contributed by atoms with Crippen LogP contribution in [0, 0.1) is 0 Å². The second kappa shape index (κ2) is 5.08. The molecule has 0 saturated carbocycles. The number of hydrogen-bond acceptors (Lipinski definition) is 2. The fourth-order valence-corrected chi connectivity index (χ4v) is 0.527. The van der Waals surface area contributed by atoms with Gasteiger partial charge in [-0.15, -0.1) is 6.58 Å². The third kappa shape index (κ3) is 5.80. The Morgan fingerprint density at radius 2 is 2.09 bits per heavy atom. The number of ketones is 1. The van der Waals surface area contributed by atoms with Crippen LogP contribution in [0.1, 0.15) is 27.2 Å². The van der Waals surface area contributed by atoms with Crippen LogP contribution in [0.5, 0.6) is 0 Å². The van der Waals surface area contributed by atoms with E-state index in [0.29, 0.717) is 6.61 Å². The summed E-state index contributed by atoms with van der Waals surface area (Å²) >= 11 is 0. The lowest BCUT2D eigenvalue weighted by molar-refractivity contribution is -0.127. The molecule has 11 heavy (non-hydrogen) atoms. The van der Waals surface area contributed by atoms with E-state index in [9.17, 15) is 4.79 Å². The van der Waals surface area contributed by atoms with Gasteiger partial charge in [0.25, 0.3) is 0 Å². The second-order valence-electron chi connectivity index (χ2n) is 2.83. The van der Waals surface area contributed by atoms with Crippen molar-refractivity contribution in [3.05, 3.63) is 12.2 Å². The predicted octanol–water partition coefficient (Wildman–Crippen LogP) is 1.95. The fourth-order valence-electron chi connectivity index (χ4n) is 0.527. The molecule has 0 spiro atoms. The van der Waals surface area contributed by atoms with Gasteiger partial charge in [0.2, 0.25) is 0 Å². The monoisotopic (exact) mass is 156 g/mol. The number of hydrogen-bond donors (Lipinski definition) is 0. The van der Waals surface area contributed by atoms with E-state index in [2.05, 4.69) is 6.58 Å². The quantitative estimate of drug-likeness (QED) is 0.569. The highest BCUT2D eigenvalue weighted by molar-refractivity contribution is 5.79. The number of carbonyl (C=O) groups excluding carboxylic acids is 1. The van der Waals surface area contributed by atoms with Gasteiger partial charge in [0.15, 0.2) is 5.78 Å². The van der Waals surface area contributed by atoms with Gasteiger partial charge >= 0.3 is 0 Å². The summed E-state index contributed by atoms with van der Waals surface area (Å²) in [5.74, 6) is 0.0757. The van der Waals surface area contributed by atoms with Crippen molar-refractivity contribution in [1.82, 2.24) is 0 Å². The molecule has 0 amide bonds. The van der Waals surface area contributed by atoms with Gasteiger partial charge in [-0.25, -0.2) is 0 Å². The van der Waals surface area contributed by atoms with Gasteiger partial charge in [0.1, 0.15) is 6.10 Å². The van der Waals surface area contributed by atoms with Gasteiger partial charge in [0.05, 0.1) is 6.61 Å². The van der Waals surface area contributed by atoms with Crippen molar-refractivity contribution < 1.29 is 9.53 Å². The van der Waals surface area contributed by atoms with Crippen molar-refractivity contribution in [3.63, 3.8) is 0 Å². The van der Waals surface area contributed by atoms with Crippen LogP contribution in [0.2, 0.25) is 0 Å². The molecule has 0 rings (SSSR count). The summed E-state index contributed by atoms with van der Waals surface area (Å²) < 4.78 is 5.20. The second-order valence-corrected chi connectivity index (χ2v) is 2.83. The number of carbonyl (C=O) groups is 1. The van der Waals surface area contributed by atoms with E-state index in [0.717, 1.165) is 12.0 Å². The topological polar surface area (TPSA) is 26.3 Å². The summed E-state index contributed by atoms with van der Waals surface area (Å²) in [6, 6.07) is 0. The molecule has 1 atom stereocenters. The molecule has 0 aliphatic carbocycles. The highest BCUT2D eigenvalue weighted by Crippen LogP contribution is 1.99. The molecule has 0 aromatic carbocycles. The molecule has 0 aromatic heterocycles. The fraction of sp³-hybridized carbons (Fsp3) is 0.667. The van der Waals surface area contributed by atoms with E-state index in [4.69, 9.17) is 4.74 Å². The van der Waals surface area contributed by atoms with Crippen LogP contribution in [0.15, 0.2) is 12.2 Å². The molecule has 0 radical (unpaired) electrons. The normalized spacial score (nSPS) is 12.6. The van der Waals surface area contributed by atoms with Gasteiger partial charge in [-0.05, 0) is 27.2 Å². The van der Waals surface area contributed by atoms with Crippen LogP contribution in [-0.4, -0.2) is 18.5 Å². The van der Waals surface area contributed by atoms with Crippen LogP contribution < -0.4 is 0 Å². The van der Waals surface area contributed by atoms with Crippen molar-refractivity contribution in [2.45, 2.75) is 33.3 Å². The average molecular weight is 156 g/mol. The summed E-state index contributed by atoms with van der Waals surface area (Å²) in [5, 5.41) is 0. The summed E-state index contributed by atoms with van der Waals surface area (Å²) in [6.45, 7) is 9.57. The lowest BCUT2D eigenvalue weighted by Gasteiger charge is -2.08. The van der Waals surface area contributed by atoms with Crippen molar-refractivity contribution >= 4 is 5.78 Å². The molecular formula is C9H16O2. The number of ether oxygens (including phenoxy) is 1. The summed E-state index contributed by atoms with van der Waals surface area (Å²) in [5.41, 5.74) is 1.08. The lowest BCUT2D eigenvalue weighted by atomic mass is 10.2. The Labute approximate surface area is 68.2 Å². The Balaban J connectivity index is 3.39. The van der Waals surface area contributed by atoms with Crippen molar-refractivity contribution in [3.8, 4) is 0 Å². The Bertz CT molecular complexity index is 150. The van der Waals surface area contributed by atoms with Crippen LogP contribution in [0.3, 0.4) is 0 Å². The van der Waals surface area contributed by atoms with E-state index in [1.807, 2.05) is 6.92 Å². The standard InChI is InChI=1S/C9H16O2/c1-7(2)5-6-11-9(4)8(3)10/h9H,1,5-6H2,2-4H3. The Morgan fingerprint density at radius 1 is 1.55 bits per heavy atom. The summed E-state index contributed by atoms with van der Waals surface area (Å²) in [4.78, 5) is 10.7. The molecule has 2 heteroatoms. The highest BCUT2D eigenvalue weighted by atomic mass is 16.5. The highest BCUT2D eigenvalue weighted by Gasteiger charge is 2.05. The Kier molecular flexibility index (Phi) is 4.79. The maximum absolute atomic E-state index is 10.7. The SMILES string of the molecule is C=C(C)CCOC(C)C(C)=O. The van der Waals surface area contributed by atoms with Crippen LogP contribution >= 0.6 is 0 Å². The predicted molar refractivity (Wildman–Crippen MR) is 45.5 cm³/mol. The molecule has 0 aliphatic heterocycles. The van der Waals surface area contributed by atoms with Gasteiger partial charge < -0.3 is 4.74 Å². The first-order valence-electron chi connectivity index (χ1n) is 3.80. The minimum atomic E-state index is -0.269. The summed E-state index contributed by atoms with van der Waals surface area (Å²) in [7, 11) is 0. The molecule has 0 heterocycles. The lowest BCUT2D eigenvalue weighted by Crippen LogP contribution is -2.17. The molecular weight excluding hydrogens is 140 g/mol. The zero-order valence-corrected chi connectivity index (χ0v) is 7.52. The Hall–Kier alpha value is -0.630. The minimum Gasteiger partial charge on any atom is -0.370 e. The number of rotatable bonds is 5. The van der Waals surface area contributed by atoms with Crippen LogP contribution in [0.4, 0.5) is 0 Å². The van der Waals surface area contributed by atoms with Gasteiger partial charge in [-0.1, -0.05) is 5.57 Å². The molecule has 1 unspecified atom stereocenters. The first-order chi connectivity index (χ1) is 5.04. The molecule has 0 bridgehead atoms. The first-order valence-corrected chi connectivity index (χ1v) is 3.80. The van der Waals surface area contributed by atoms with Crippen LogP contribution in [0.25, 0.3) is 0 Å². The molecule has 2 nitrogen and oxygen atoms in total.